The van der Waals surface area contributed by atoms with E-state index >= 15 is 0 Å². The molecule has 1 aliphatic rings. The Balaban J connectivity index is 2.12. The fourth-order valence-corrected chi connectivity index (χ4v) is 1.91. The minimum Gasteiger partial charge on any atom is -0.449 e. The van der Waals surface area contributed by atoms with Crippen molar-refractivity contribution in [3.8, 4) is 22.6 Å². The van der Waals surface area contributed by atoms with Gasteiger partial charge in [-0.05, 0) is 46.4 Å². The number of ether oxygens (including phenoxy) is 1. The molecule has 0 N–H and O–H groups in total. The van der Waals surface area contributed by atoms with Crippen LogP contribution in [0.1, 0.15) is 0 Å². The van der Waals surface area contributed by atoms with E-state index in [1.54, 1.807) is 0 Å². The lowest BCUT2D eigenvalue weighted by Gasteiger charge is -1.98. The maximum Gasteiger partial charge on any atom is 0.177 e. The third-order valence-corrected chi connectivity index (χ3v) is 3.02. The molecule has 0 aliphatic carbocycles. The van der Waals surface area contributed by atoms with Crippen molar-refractivity contribution in [2.24, 2.45) is 0 Å². The Morgan fingerprint density at radius 2 is 1.71 bits per heavy atom. The smallest absolute Gasteiger partial charge is 0.177 e. The monoisotopic (exact) mass is 294 g/mol. The molecule has 0 spiro atoms. The highest BCUT2D eigenvalue weighted by atomic mass is 127. The fourth-order valence-electron chi connectivity index (χ4n) is 1.55. The van der Waals surface area contributed by atoms with E-state index < -0.39 is 0 Å². The summed E-state index contributed by atoms with van der Waals surface area (Å²) in [5, 5.41) is 0. The first-order valence-electron chi connectivity index (χ1n) is 4.41. The van der Waals surface area contributed by atoms with E-state index in [1.165, 1.54) is 14.7 Å². The molecule has 0 fully saturated rings. The van der Waals surface area contributed by atoms with Crippen molar-refractivity contribution in [3.63, 3.8) is 0 Å². The first-order chi connectivity index (χ1) is 6.84. The Morgan fingerprint density at radius 3 is 2.50 bits per heavy atom. The Hall–Kier alpha value is -1.03. The van der Waals surface area contributed by atoms with Crippen molar-refractivity contribution in [2.75, 3.05) is 0 Å². The summed E-state index contributed by atoms with van der Waals surface area (Å²) in [6.07, 6.45) is 0. The summed E-state index contributed by atoms with van der Waals surface area (Å²) >= 11 is 2.31. The lowest BCUT2D eigenvalue weighted by Crippen LogP contribution is -1.75. The molecule has 14 heavy (non-hydrogen) atoms. The van der Waals surface area contributed by atoms with Crippen LogP contribution < -0.4 is 4.74 Å². The number of benzene rings is 2. The molecule has 1 nitrogen and oxygen atoms in total. The molecule has 2 aromatic carbocycles. The van der Waals surface area contributed by atoms with E-state index in [0.29, 0.717) is 0 Å². The minimum absolute atomic E-state index is 1.01. The van der Waals surface area contributed by atoms with Gasteiger partial charge in [-0.2, -0.15) is 0 Å². The molecule has 1 heterocycles. The molecule has 1 aliphatic heterocycles. The number of rotatable bonds is 1. The number of hydrogen-bond acceptors (Lipinski definition) is 1. The van der Waals surface area contributed by atoms with E-state index in [1.807, 2.05) is 12.1 Å². The second-order valence-corrected chi connectivity index (χ2v) is 4.49. The zero-order chi connectivity index (χ0) is 9.54. The summed E-state index contributed by atoms with van der Waals surface area (Å²) in [6.45, 7) is 0. The van der Waals surface area contributed by atoms with Gasteiger partial charge in [0, 0.05) is 9.13 Å². The second-order valence-electron chi connectivity index (χ2n) is 3.24. The van der Waals surface area contributed by atoms with Gasteiger partial charge in [-0.25, -0.2) is 0 Å². The Labute approximate surface area is 95.9 Å². The summed E-state index contributed by atoms with van der Waals surface area (Å²) in [4.78, 5) is 0. The van der Waals surface area contributed by atoms with Crippen LogP contribution >= 0.6 is 22.6 Å². The van der Waals surface area contributed by atoms with E-state index in [-0.39, 0.29) is 0 Å². The van der Waals surface area contributed by atoms with Crippen LogP contribution in [-0.4, -0.2) is 0 Å². The molecule has 0 radical (unpaired) electrons. The molecule has 2 heteroatoms. The third-order valence-electron chi connectivity index (χ3n) is 2.30. The quantitative estimate of drug-likeness (QED) is 0.487. The molecule has 0 amide bonds. The molecule has 0 saturated carbocycles. The highest BCUT2D eigenvalue weighted by Crippen LogP contribution is 2.51. The van der Waals surface area contributed by atoms with Gasteiger partial charge in [-0.15, -0.1) is 0 Å². The van der Waals surface area contributed by atoms with Crippen molar-refractivity contribution in [1.82, 2.24) is 0 Å². The topological polar surface area (TPSA) is 12.5 Å². The molecule has 2 aromatic rings. The number of fused-ring (bicyclic) bond motifs is 1. The van der Waals surface area contributed by atoms with Crippen LogP contribution in [0.4, 0.5) is 0 Å². The highest BCUT2D eigenvalue weighted by molar-refractivity contribution is 14.1. The maximum absolute atomic E-state index is 5.35. The molecule has 0 unspecified atom stereocenters. The van der Waals surface area contributed by atoms with Crippen LogP contribution in [0.3, 0.4) is 0 Å². The van der Waals surface area contributed by atoms with Crippen molar-refractivity contribution in [1.29, 1.82) is 0 Å². The average molecular weight is 294 g/mol. The van der Waals surface area contributed by atoms with Crippen molar-refractivity contribution >= 4 is 22.6 Å². The van der Waals surface area contributed by atoms with Gasteiger partial charge in [0.05, 0.1) is 0 Å². The Morgan fingerprint density at radius 1 is 0.929 bits per heavy atom. The molecular formula is C12H7IO. The van der Waals surface area contributed by atoms with Crippen LogP contribution in [0.15, 0.2) is 42.5 Å². The standard InChI is InChI=1S/C12H7IO/c13-9-6-4-8(5-7-9)10-2-1-3-11-12(10)14-11/h1-7H. The third kappa shape index (κ3) is 1.30. The summed E-state index contributed by atoms with van der Waals surface area (Å²) < 4.78 is 6.61. The minimum atomic E-state index is 1.01. The molecule has 3 rings (SSSR count). The molecular weight excluding hydrogens is 287 g/mol. The first-order valence-corrected chi connectivity index (χ1v) is 5.49. The lowest BCUT2D eigenvalue weighted by molar-refractivity contribution is 0.651. The van der Waals surface area contributed by atoms with Gasteiger partial charge in [0.1, 0.15) is 0 Å². The summed E-state index contributed by atoms with van der Waals surface area (Å²) in [6, 6.07) is 14.6. The lowest BCUT2D eigenvalue weighted by atomic mass is 10.1. The highest BCUT2D eigenvalue weighted by Gasteiger charge is 2.24. The molecule has 0 saturated heterocycles. The number of halogens is 1. The average Bonchev–Trinajstić information content (AvgIpc) is 2.97. The maximum atomic E-state index is 5.35. The van der Waals surface area contributed by atoms with Gasteiger partial charge in [0.15, 0.2) is 11.5 Å². The molecule has 68 valence electrons. The van der Waals surface area contributed by atoms with E-state index in [4.69, 9.17) is 4.74 Å². The van der Waals surface area contributed by atoms with E-state index in [0.717, 1.165) is 11.5 Å². The van der Waals surface area contributed by atoms with Crippen molar-refractivity contribution in [2.45, 2.75) is 0 Å². The Bertz CT molecular complexity index is 488. The Kier molecular flexibility index (Phi) is 1.77. The van der Waals surface area contributed by atoms with Gasteiger partial charge in [-0.3, -0.25) is 0 Å². The van der Waals surface area contributed by atoms with Gasteiger partial charge < -0.3 is 4.74 Å². The van der Waals surface area contributed by atoms with E-state index in [9.17, 15) is 0 Å². The zero-order valence-electron chi connectivity index (χ0n) is 7.33. The molecule has 0 atom stereocenters. The van der Waals surface area contributed by atoms with Gasteiger partial charge in [0.25, 0.3) is 0 Å². The molecule has 0 aromatic heterocycles. The number of hydrogen-bond donors (Lipinski definition) is 0. The zero-order valence-corrected chi connectivity index (χ0v) is 9.49. The summed E-state index contributed by atoms with van der Waals surface area (Å²) in [5.41, 5.74) is 2.42. The summed E-state index contributed by atoms with van der Waals surface area (Å²) in [5.74, 6) is 2.05. The summed E-state index contributed by atoms with van der Waals surface area (Å²) in [7, 11) is 0. The normalized spacial score (nSPS) is 11.8. The molecule has 0 bridgehead atoms. The predicted octanol–water partition coefficient (Wildman–Crippen LogP) is 4.06. The van der Waals surface area contributed by atoms with Crippen LogP contribution in [-0.2, 0) is 0 Å². The van der Waals surface area contributed by atoms with Crippen molar-refractivity contribution in [3.05, 3.63) is 46.0 Å². The first kappa shape index (κ1) is 8.29. The van der Waals surface area contributed by atoms with Crippen LogP contribution in [0.5, 0.6) is 11.5 Å². The van der Waals surface area contributed by atoms with Crippen LogP contribution in [0.2, 0.25) is 0 Å². The van der Waals surface area contributed by atoms with Gasteiger partial charge >= 0.3 is 0 Å². The van der Waals surface area contributed by atoms with Crippen LogP contribution in [0, 0.1) is 3.57 Å². The van der Waals surface area contributed by atoms with E-state index in [2.05, 4.69) is 52.9 Å². The largest absolute Gasteiger partial charge is 0.449 e. The SMILES string of the molecule is Ic1ccc(-c2cccc3c2O3)cc1. The fraction of sp³-hybridized carbons (Fsp3) is 0. The predicted molar refractivity (Wildman–Crippen MR) is 64.7 cm³/mol. The second kappa shape index (κ2) is 2.98. The van der Waals surface area contributed by atoms with Gasteiger partial charge in [0.2, 0.25) is 0 Å². The van der Waals surface area contributed by atoms with Crippen molar-refractivity contribution < 1.29 is 4.74 Å². The van der Waals surface area contributed by atoms with Crippen LogP contribution in [0.25, 0.3) is 11.1 Å². The van der Waals surface area contributed by atoms with Gasteiger partial charge in [-0.1, -0.05) is 24.3 Å². The number of para-hydroxylation sites is 1.